The lowest BCUT2D eigenvalue weighted by molar-refractivity contribution is -0.139. The topological polar surface area (TPSA) is 65.2 Å². The van der Waals surface area contributed by atoms with Crippen LogP contribution in [0.25, 0.3) is 0 Å². The van der Waals surface area contributed by atoms with Crippen molar-refractivity contribution in [3.63, 3.8) is 0 Å². The van der Waals surface area contributed by atoms with E-state index in [1.165, 1.54) is 0 Å². The number of nitrogens with zero attached hydrogens (tertiary/aromatic N) is 1. The van der Waals surface area contributed by atoms with Crippen molar-refractivity contribution < 1.29 is 9.53 Å². The zero-order chi connectivity index (χ0) is 12.2. The molecule has 1 rings (SSSR count). The summed E-state index contributed by atoms with van der Waals surface area (Å²) in [6, 6.07) is 3.58. The van der Waals surface area contributed by atoms with Gasteiger partial charge >= 0.3 is 0 Å². The molecule has 1 aromatic heterocycles. The first-order valence-corrected chi connectivity index (χ1v) is 5.34. The van der Waals surface area contributed by atoms with Gasteiger partial charge in [-0.2, -0.15) is 0 Å². The van der Waals surface area contributed by atoms with Gasteiger partial charge in [-0.05, 0) is 26.8 Å². The molecule has 1 heterocycles. The Morgan fingerprint density at radius 3 is 2.81 bits per heavy atom. The second kappa shape index (κ2) is 5.07. The molecule has 0 fully saturated rings. The van der Waals surface area contributed by atoms with E-state index in [2.05, 4.69) is 4.98 Å². The standard InChI is InChI=1S/C12H18N2O2/c1-4-16-12(2,3)10(15)8-9-6-5-7-14-11(9)13/h5-7H,4,8H2,1-3H3,(H2,13,14). The Kier molecular flexibility index (Phi) is 4.01. The predicted molar refractivity (Wildman–Crippen MR) is 63.1 cm³/mol. The number of aromatic nitrogens is 1. The van der Waals surface area contributed by atoms with Crippen LogP contribution in [0.5, 0.6) is 0 Å². The van der Waals surface area contributed by atoms with Crippen molar-refractivity contribution in [1.29, 1.82) is 0 Å². The maximum absolute atomic E-state index is 12.0. The maximum atomic E-state index is 12.0. The van der Waals surface area contributed by atoms with E-state index in [1.54, 1.807) is 26.1 Å². The second-order valence-electron chi connectivity index (χ2n) is 4.09. The molecule has 0 aliphatic carbocycles. The Balaban J connectivity index is 2.75. The molecule has 0 spiro atoms. The SMILES string of the molecule is CCOC(C)(C)C(=O)Cc1cccnc1N. The molecular formula is C12H18N2O2. The van der Waals surface area contributed by atoms with Crippen LogP contribution in [0.4, 0.5) is 5.82 Å². The summed E-state index contributed by atoms with van der Waals surface area (Å²) >= 11 is 0. The van der Waals surface area contributed by atoms with Gasteiger partial charge in [-0.15, -0.1) is 0 Å². The van der Waals surface area contributed by atoms with Gasteiger partial charge in [0.05, 0.1) is 0 Å². The molecule has 0 saturated heterocycles. The zero-order valence-electron chi connectivity index (χ0n) is 9.99. The van der Waals surface area contributed by atoms with E-state index in [4.69, 9.17) is 10.5 Å². The fraction of sp³-hybridized carbons (Fsp3) is 0.500. The average Bonchev–Trinajstić information content (AvgIpc) is 2.21. The third-order valence-corrected chi connectivity index (χ3v) is 2.45. The van der Waals surface area contributed by atoms with E-state index in [1.807, 2.05) is 13.0 Å². The van der Waals surface area contributed by atoms with Crippen LogP contribution in [0.15, 0.2) is 18.3 Å². The van der Waals surface area contributed by atoms with Crippen LogP contribution in [-0.2, 0) is 16.0 Å². The summed E-state index contributed by atoms with van der Waals surface area (Å²) < 4.78 is 5.39. The van der Waals surface area contributed by atoms with Gasteiger partial charge in [-0.3, -0.25) is 4.79 Å². The number of ketones is 1. The smallest absolute Gasteiger partial charge is 0.168 e. The lowest BCUT2D eigenvalue weighted by atomic mass is 9.97. The summed E-state index contributed by atoms with van der Waals surface area (Å²) in [5.41, 5.74) is 5.67. The van der Waals surface area contributed by atoms with Crippen molar-refractivity contribution in [2.24, 2.45) is 0 Å². The number of pyridine rings is 1. The number of anilines is 1. The summed E-state index contributed by atoms with van der Waals surface area (Å²) in [6.07, 6.45) is 1.86. The molecule has 0 radical (unpaired) electrons. The number of Topliss-reactive ketones (excluding diaryl/α,β-unsaturated/α-hetero) is 1. The molecule has 88 valence electrons. The highest BCUT2D eigenvalue weighted by Gasteiger charge is 2.27. The summed E-state index contributed by atoms with van der Waals surface area (Å²) in [6.45, 7) is 5.92. The number of nitrogen functional groups attached to an aromatic ring is 1. The second-order valence-corrected chi connectivity index (χ2v) is 4.09. The van der Waals surface area contributed by atoms with Crippen LogP contribution >= 0.6 is 0 Å². The first kappa shape index (κ1) is 12.6. The quantitative estimate of drug-likeness (QED) is 0.821. The molecule has 4 nitrogen and oxygen atoms in total. The number of ether oxygens (including phenoxy) is 1. The third-order valence-electron chi connectivity index (χ3n) is 2.45. The molecule has 0 aromatic carbocycles. The molecule has 0 bridgehead atoms. The highest BCUT2D eigenvalue weighted by atomic mass is 16.5. The van der Waals surface area contributed by atoms with Gasteiger partial charge in [-0.25, -0.2) is 4.98 Å². The van der Waals surface area contributed by atoms with Crippen LogP contribution < -0.4 is 5.73 Å². The van der Waals surface area contributed by atoms with Crippen molar-refractivity contribution in [3.05, 3.63) is 23.9 Å². The van der Waals surface area contributed by atoms with Gasteiger partial charge < -0.3 is 10.5 Å². The number of carbonyl (C=O) groups excluding carboxylic acids is 1. The normalized spacial score (nSPS) is 11.4. The molecule has 2 N–H and O–H groups in total. The molecule has 16 heavy (non-hydrogen) atoms. The minimum Gasteiger partial charge on any atom is -0.383 e. The van der Waals surface area contributed by atoms with Crippen molar-refractivity contribution in [2.45, 2.75) is 32.8 Å². The van der Waals surface area contributed by atoms with E-state index in [0.29, 0.717) is 12.4 Å². The van der Waals surface area contributed by atoms with Gasteiger partial charge in [0.25, 0.3) is 0 Å². The molecule has 1 aromatic rings. The van der Waals surface area contributed by atoms with E-state index in [9.17, 15) is 4.79 Å². The molecule has 0 aliphatic heterocycles. The zero-order valence-corrected chi connectivity index (χ0v) is 9.99. The highest BCUT2D eigenvalue weighted by molar-refractivity contribution is 5.89. The largest absolute Gasteiger partial charge is 0.383 e. The minimum absolute atomic E-state index is 0.00838. The Hall–Kier alpha value is -1.42. The van der Waals surface area contributed by atoms with Crippen molar-refractivity contribution in [1.82, 2.24) is 4.98 Å². The molecule has 0 unspecified atom stereocenters. The van der Waals surface area contributed by atoms with Gasteiger partial charge in [0.1, 0.15) is 11.4 Å². The number of hydrogen-bond donors (Lipinski definition) is 1. The molecule has 0 atom stereocenters. The van der Waals surface area contributed by atoms with Gasteiger partial charge in [0.2, 0.25) is 0 Å². The van der Waals surface area contributed by atoms with E-state index >= 15 is 0 Å². The summed E-state index contributed by atoms with van der Waals surface area (Å²) in [4.78, 5) is 15.9. The predicted octanol–water partition coefficient (Wildman–Crippen LogP) is 1.59. The summed E-state index contributed by atoms with van der Waals surface area (Å²) in [5.74, 6) is 0.414. The van der Waals surface area contributed by atoms with Crippen molar-refractivity contribution in [2.75, 3.05) is 12.3 Å². The highest BCUT2D eigenvalue weighted by Crippen LogP contribution is 2.16. The van der Waals surface area contributed by atoms with Crippen LogP contribution in [-0.4, -0.2) is 23.0 Å². The van der Waals surface area contributed by atoms with Gasteiger partial charge in [0.15, 0.2) is 5.78 Å². The van der Waals surface area contributed by atoms with Crippen molar-refractivity contribution in [3.8, 4) is 0 Å². The first-order valence-electron chi connectivity index (χ1n) is 5.34. The molecule has 4 heteroatoms. The Morgan fingerprint density at radius 2 is 2.25 bits per heavy atom. The van der Waals surface area contributed by atoms with Crippen molar-refractivity contribution >= 4 is 11.6 Å². The minimum atomic E-state index is -0.767. The fourth-order valence-corrected chi connectivity index (χ4v) is 1.43. The third kappa shape index (κ3) is 3.03. The van der Waals surface area contributed by atoms with Crippen LogP contribution in [0.3, 0.4) is 0 Å². The Labute approximate surface area is 95.8 Å². The molecule has 0 amide bonds. The molecule has 0 aliphatic rings. The number of rotatable bonds is 5. The lowest BCUT2D eigenvalue weighted by Gasteiger charge is -2.23. The van der Waals surface area contributed by atoms with Crippen LogP contribution in [0.1, 0.15) is 26.3 Å². The summed E-state index contributed by atoms with van der Waals surface area (Å²) in [7, 11) is 0. The van der Waals surface area contributed by atoms with Gasteiger partial charge in [0, 0.05) is 24.8 Å². The number of carbonyl (C=O) groups is 1. The molecular weight excluding hydrogens is 204 g/mol. The van der Waals surface area contributed by atoms with E-state index < -0.39 is 5.60 Å². The fourth-order valence-electron chi connectivity index (χ4n) is 1.43. The first-order chi connectivity index (χ1) is 7.47. The average molecular weight is 222 g/mol. The van der Waals surface area contributed by atoms with Crippen LogP contribution in [0, 0.1) is 0 Å². The number of hydrogen-bond acceptors (Lipinski definition) is 4. The Morgan fingerprint density at radius 1 is 1.56 bits per heavy atom. The van der Waals surface area contributed by atoms with E-state index in [-0.39, 0.29) is 12.2 Å². The van der Waals surface area contributed by atoms with Gasteiger partial charge in [-0.1, -0.05) is 6.07 Å². The Bertz CT molecular complexity index is 375. The molecule has 0 saturated carbocycles. The maximum Gasteiger partial charge on any atom is 0.168 e. The summed E-state index contributed by atoms with van der Waals surface area (Å²) in [5, 5.41) is 0. The monoisotopic (exact) mass is 222 g/mol. The van der Waals surface area contributed by atoms with Crippen LogP contribution in [0.2, 0.25) is 0 Å². The number of nitrogens with two attached hydrogens (primary N) is 1. The van der Waals surface area contributed by atoms with E-state index in [0.717, 1.165) is 5.56 Å². The lowest BCUT2D eigenvalue weighted by Crippen LogP contribution is -2.36.